The van der Waals surface area contributed by atoms with Crippen molar-refractivity contribution in [3.63, 3.8) is 0 Å². The second kappa shape index (κ2) is 5.78. The fourth-order valence-electron chi connectivity index (χ4n) is 2.63. The summed E-state index contributed by atoms with van der Waals surface area (Å²) in [5.74, 6) is 0.262. The predicted octanol–water partition coefficient (Wildman–Crippen LogP) is 3.83. The van der Waals surface area contributed by atoms with Gasteiger partial charge in [-0.2, -0.15) is 0 Å². The van der Waals surface area contributed by atoms with E-state index in [1.807, 2.05) is 13.0 Å². The first-order chi connectivity index (χ1) is 12.0. The molecule has 0 aliphatic carbocycles. The van der Waals surface area contributed by atoms with Gasteiger partial charge >= 0.3 is 0 Å². The minimum atomic E-state index is -0.428. The zero-order valence-corrected chi connectivity index (χ0v) is 13.9. The van der Waals surface area contributed by atoms with Crippen molar-refractivity contribution in [1.29, 1.82) is 0 Å². The number of rotatable bonds is 2. The van der Waals surface area contributed by atoms with Crippen molar-refractivity contribution in [3.8, 4) is 16.9 Å². The molecule has 1 fully saturated rings. The lowest BCUT2D eigenvalue weighted by atomic mass is 10.0. The molecule has 6 nitrogen and oxygen atoms in total. The van der Waals surface area contributed by atoms with Gasteiger partial charge in [0.05, 0.1) is 4.91 Å². The quantitative estimate of drug-likeness (QED) is 0.681. The zero-order valence-electron chi connectivity index (χ0n) is 13.1. The Balaban J connectivity index is 1.81. The van der Waals surface area contributed by atoms with E-state index in [4.69, 9.17) is 4.42 Å². The molecule has 0 saturated carbocycles. The number of aromatic hydroxyl groups is 1. The summed E-state index contributed by atoms with van der Waals surface area (Å²) in [7, 11) is 0. The van der Waals surface area contributed by atoms with Gasteiger partial charge in [-0.3, -0.25) is 19.9 Å². The number of hydrogen-bond acceptors (Lipinski definition) is 6. The lowest BCUT2D eigenvalue weighted by Crippen LogP contribution is -2.17. The number of amides is 2. The van der Waals surface area contributed by atoms with Gasteiger partial charge in [-0.1, -0.05) is 6.07 Å². The molecule has 25 heavy (non-hydrogen) atoms. The van der Waals surface area contributed by atoms with Crippen LogP contribution in [0.1, 0.15) is 11.3 Å². The highest BCUT2D eigenvalue weighted by molar-refractivity contribution is 8.18. The summed E-state index contributed by atoms with van der Waals surface area (Å²) in [6.07, 6.45) is 4.90. The van der Waals surface area contributed by atoms with E-state index < -0.39 is 11.1 Å². The summed E-state index contributed by atoms with van der Waals surface area (Å²) in [6.45, 7) is 1.82. The van der Waals surface area contributed by atoms with Crippen LogP contribution in [0, 0.1) is 6.92 Å². The third-order valence-corrected chi connectivity index (χ3v) is 4.68. The number of aryl methyl sites for hydroxylation is 1. The molecule has 3 heterocycles. The van der Waals surface area contributed by atoms with Gasteiger partial charge in [0.2, 0.25) is 0 Å². The Bertz CT molecular complexity index is 1070. The maximum absolute atomic E-state index is 11.7. The third-order valence-electron chi connectivity index (χ3n) is 3.86. The first kappa shape index (κ1) is 15.5. The van der Waals surface area contributed by atoms with Crippen LogP contribution in [0.4, 0.5) is 4.79 Å². The van der Waals surface area contributed by atoms with Crippen molar-refractivity contribution >= 4 is 40.0 Å². The Labute approximate surface area is 146 Å². The van der Waals surface area contributed by atoms with Crippen molar-refractivity contribution in [2.45, 2.75) is 6.92 Å². The number of hydrogen-bond donors (Lipinski definition) is 2. The average Bonchev–Trinajstić information content (AvgIpc) is 3.12. The van der Waals surface area contributed by atoms with Crippen LogP contribution in [0.2, 0.25) is 0 Å². The Hall–Kier alpha value is -3.06. The highest BCUT2D eigenvalue weighted by atomic mass is 32.2. The molecule has 124 valence electrons. The van der Waals surface area contributed by atoms with Crippen molar-refractivity contribution in [2.24, 2.45) is 0 Å². The lowest BCUT2D eigenvalue weighted by molar-refractivity contribution is -0.115. The Morgan fingerprint density at radius 3 is 2.80 bits per heavy atom. The van der Waals surface area contributed by atoms with E-state index in [-0.39, 0.29) is 5.75 Å². The first-order valence-electron chi connectivity index (χ1n) is 7.43. The van der Waals surface area contributed by atoms with Crippen LogP contribution >= 0.6 is 11.8 Å². The Morgan fingerprint density at radius 2 is 2.08 bits per heavy atom. The summed E-state index contributed by atoms with van der Waals surface area (Å²) in [5.41, 5.74) is 3.03. The molecule has 4 rings (SSSR count). The normalized spacial score (nSPS) is 16.0. The molecular weight excluding hydrogens is 340 g/mol. The molecule has 0 radical (unpaired) electrons. The van der Waals surface area contributed by atoms with Gasteiger partial charge < -0.3 is 9.52 Å². The number of carbonyl (C=O) groups is 2. The standard InChI is InChI=1S/C18H12N2O4S/c1-9-4-10(2-3-14(9)21)13-8-19-7-11-5-12(24-16(11)13)6-15-17(22)20-18(23)25-15/h2-8,21H,1H3,(H,20,22,23)/b15-6+. The van der Waals surface area contributed by atoms with Crippen LogP contribution in [0.5, 0.6) is 5.75 Å². The Morgan fingerprint density at radius 1 is 1.24 bits per heavy atom. The zero-order chi connectivity index (χ0) is 17.6. The van der Waals surface area contributed by atoms with Crippen molar-refractivity contribution < 1.29 is 19.1 Å². The second-order valence-electron chi connectivity index (χ2n) is 5.61. The average molecular weight is 352 g/mol. The van der Waals surface area contributed by atoms with Crippen molar-refractivity contribution in [2.75, 3.05) is 0 Å². The van der Waals surface area contributed by atoms with E-state index in [0.29, 0.717) is 16.2 Å². The molecule has 2 amide bonds. The minimum absolute atomic E-state index is 0.225. The number of phenolic OH excluding ortho intramolecular Hbond substituents is 1. The molecule has 1 aliphatic heterocycles. The van der Waals surface area contributed by atoms with Crippen LogP contribution in [0.15, 0.2) is 46.0 Å². The molecule has 1 aliphatic rings. The molecule has 1 aromatic carbocycles. The number of fused-ring (bicyclic) bond motifs is 1. The van der Waals surface area contributed by atoms with Crippen LogP contribution in [-0.4, -0.2) is 21.2 Å². The van der Waals surface area contributed by atoms with Gasteiger partial charge in [0.25, 0.3) is 11.1 Å². The summed E-state index contributed by atoms with van der Waals surface area (Å²) < 4.78 is 5.89. The summed E-state index contributed by atoms with van der Waals surface area (Å²) in [4.78, 5) is 27.4. The number of thioether (sulfide) groups is 1. The third kappa shape index (κ3) is 2.78. The van der Waals surface area contributed by atoms with Gasteiger partial charge in [-0.15, -0.1) is 0 Å². The second-order valence-corrected chi connectivity index (χ2v) is 6.62. The van der Waals surface area contributed by atoms with Gasteiger partial charge in [0.1, 0.15) is 17.1 Å². The molecule has 3 aromatic rings. The van der Waals surface area contributed by atoms with Crippen LogP contribution in [0.3, 0.4) is 0 Å². The highest BCUT2D eigenvalue weighted by Crippen LogP contribution is 2.34. The highest BCUT2D eigenvalue weighted by Gasteiger charge is 2.25. The number of nitrogens with one attached hydrogen (secondary N) is 1. The summed E-state index contributed by atoms with van der Waals surface area (Å²) in [5, 5.41) is 12.3. The SMILES string of the molecule is Cc1cc(-c2cncc3cc(/C=C4/SC(=O)NC4=O)oc23)ccc1O. The number of aromatic nitrogens is 1. The largest absolute Gasteiger partial charge is 0.508 e. The van der Waals surface area contributed by atoms with E-state index in [1.54, 1.807) is 30.6 Å². The Kier molecular flexibility index (Phi) is 3.58. The van der Waals surface area contributed by atoms with E-state index >= 15 is 0 Å². The molecule has 0 unspecified atom stereocenters. The lowest BCUT2D eigenvalue weighted by Gasteiger charge is -2.05. The number of phenols is 1. The van der Waals surface area contributed by atoms with Gasteiger partial charge in [0.15, 0.2) is 0 Å². The predicted molar refractivity (Wildman–Crippen MR) is 95.0 cm³/mol. The van der Waals surface area contributed by atoms with E-state index in [0.717, 1.165) is 33.8 Å². The minimum Gasteiger partial charge on any atom is -0.508 e. The smallest absolute Gasteiger partial charge is 0.290 e. The monoisotopic (exact) mass is 352 g/mol. The summed E-state index contributed by atoms with van der Waals surface area (Å²) in [6, 6.07) is 7.03. The van der Waals surface area contributed by atoms with E-state index in [9.17, 15) is 14.7 Å². The van der Waals surface area contributed by atoms with Crippen molar-refractivity contribution in [3.05, 3.63) is 52.9 Å². The number of nitrogens with zero attached hydrogens (tertiary/aromatic N) is 1. The molecule has 2 N–H and O–H groups in total. The topological polar surface area (TPSA) is 92.4 Å². The number of imide groups is 1. The number of carbonyl (C=O) groups excluding carboxylic acids is 2. The molecule has 0 atom stereocenters. The molecule has 2 aromatic heterocycles. The van der Waals surface area contributed by atoms with E-state index in [1.165, 1.54) is 6.08 Å². The van der Waals surface area contributed by atoms with E-state index in [2.05, 4.69) is 10.3 Å². The number of pyridine rings is 1. The van der Waals surface area contributed by atoms with Gasteiger partial charge in [0, 0.05) is 29.4 Å². The first-order valence-corrected chi connectivity index (χ1v) is 8.25. The molecular formula is C18H12N2O4S. The van der Waals surface area contributed by atoms with Crippen LogP contribution < -0.4 is 5.32 Å². The fraction of sp³-hybridized carbons (Fsp3) is 0.0556. The number of benzene rings is 1. The van der Waals surface area contributed by atoms with Crippen LogP contribution in [0.25, 0.3) is 28.2 Å². The van der Waals surface area contributed by atoms with Gasteiger partial charge in [-0.05, 0) is 48.0 Å². The molecule has 0 spiro atoms. The molecule has 1 saturated heterocycles. The number of furan rings is 1. The maximum Gasteiger partial charge on any atom is 0.290 e. The fourth-order valence-corrected chi connectivity index (χ4v) is 3.29. The molecule has 7 heteroatoms. The van der Waals surface area contributed by atoms with Crippen molar-refractivity contribution in [1.82, 2.24) is 10.3 Å². The van der Waals surface area contributed by atoms with Gasteiger partial charge in [-0.25, -0.2) is 0 Å². The maximum atomic E-state index is 11.7. The molecule has 0 bridgehead atoms. The van der Waals surface area contributed by atoms with Crippen LogP contribution in [-0.2, 0) is 4.79 Å². The summed E-state index contributed by atoms with van der Waals surface area (Å²) >= 11 is 0.841.